The van der Waals surface area contributed by atoms with Crippen molar-refractivity contribution < 1.29 is 9.90 Å². The number of hydrogen-bond acceptors (Lipinski definition) is 3. The number of aliphatic hydroxyl groups excluding tert-OH is 1. The van der Waals surface area contributed by atoms with Gasteiger partial charge in [0.1, 0.15) is 5.69 Å². The van der Waals surface area contributed by atoms with Crippen molar-refractivity contribution in [3.8, 4) is 0 Å². The summed E-state index contributed by atoms with van der Waals surface area (Å²) in [6, 6.07) is 3.52. The van der Waals surface area contributed by atoms with E-state index in [2.05, 4.69) is 20.9 Å². The normalized spacial score (nSPS) is 23.1. The van der Waals surface area contributed by atoms with Crippen molar-refractivity contribution in [1.82, 2.24) is 9.88 Å². The molecule has 1 aliphatic rings. The summed E-state index contributed by atoms with van der Waals surface area (Å²) < 4.78 is 0.856. The maximum atomic E-state index is 12.2. The lowest BCUT2D eigenvalue weighted by Gasteiger charge is -2.31. The molecule has 1 N–H and O–H groups in total. The van der Waals surface area contributed by atoms with Crippen LogP contribution < -0.4 is 0 Å². The first kappa shape index (κ1) is 14.5. The molecule has 0 spiro atoms. The van der Waals surface area contributed by atoms with Crippen molar-refractivity contribution in [3.05, 3.63) is 28.5 Å². The Labute approximate surface area is 122 Å². The number of amides is 1. The van der Waals surface area contributed by atoms with Crippen molar-refractivity contribution in [2.24, 2.45) is 5.92 Å². The number of carbonyl (C=O) groups is 1. The Hall–Kier alpha value is -0.940. The molecule has 2 unspecified atom stereocenters. The van der Waals surface area contributed by atoms with Gasteiger partial charge in [-0.3, -0.25) is 4.79 Å². The largest absolute Gasteiger partial charge is 0.393 e. The molecule has 1 aromatic rings. The lowest BCUT2D eigenvalue weighted by atomic mass is 9.86. The van der Waals surface area contributed by atoms with Crippen LogP contribution in [0.4, 0.5) is 0 Å². The highest BCUT2D eigenvalue weighted by atomic mass is 79.9. The first-order chi connectivity index (χ1) is 9.08. The summed E-state index contributed by atoms with van der Waals surface area (Å²) in [4.78, 5) is 18.0. The van der Waals surface area contributed by atoms with E-state index in [1.807, 2.05) is 6.07 Å². The van der Waals surface area contributed by atoms with Crippen molar-refractivity contribution in [3.63, 3.8) is 0 Å². The molecule has 1 saturated carbocycles. The van der Waals surface area contributed by atoms with Gasteiger partial charge in [0, 0.05) is 30.2 Å². The maximum Gasteiger partial charge on any atom is 0.272 e. The molecule has 0 bridgehead atoms. The number of hydrogen-bond donors (Lipinski definition) is 1. The van der Waals surface area contributed by atoms with E-state index in [-0.39, 0.29) is 17.9 Å². The zero-order valence-electron chi connectivity index (χ0n) is 11.1. The topological polar surface area (TPSA) is 53.4 Å². The van der Waals surface area contributed by atoms with Crippen molar-refractivity contribution in [2.75, 3.05) is 13.6 Å². The van der Waals surface area contributed by atoms with Crippen LogP contribution in [-0.2, 0) is 0 Å². The summed E-state index contributed by atoms with van der Waals surface area (Å²) in [5, 5.41) is 9.95. The smallest absolute Gasteiger partial charge is 0.272 e. The van der Waals surface area contributed by atoms with Crippen LogP contribution in [0.25, 0.3) is 0 Å². The Morgan fingerprint density at radius 3 is 2.84 bits per heavy atom. The maximum absolute atomic E-state index is 12.2. The summed E-state index contributed by atoms with van der Waals surface area (Å²) in [5.41, 5.74) is 0.441. The third-order valence-corrected chi connectivity index (χ3v) is 4.14. The number of halogens is 1. The zero-order valence-corrected chi connectivity index (χ0v) is 12.6. The highest BCUT2D eigenvalue weighted by Gasteiger charge is 2.26. The van der Waals surface area contributed by atoms with E-state index in [0.717, 1.165) is 30.2 Å². The van der Waals surface area contributed by atoms with Gasteiger partial charge in [-0.25, -0.2) is 4.98 Å². The fourth-order valence-electron chi connectivity index (χ4n) is 2.53. The van der Waals surface area contributed by atoms with Crippen LogP contribution >= 0.6 is 15.9 Å². The van der Waals surface area contributed by atoms with Crippen LogP contribution in [0.5, 0.6) is 0 Å². The zero-order chi connectivity index (χ0) is 13.8. The van der Waals surface area contributed by atoms with Crippen LogP contribution in [0.1, 0.15) is 36.2 Å². The lowest BCUT2D eigenvalue weighted by molar-refractivity contribution is 0.0448. The first-order valence-electron chi connectivity index (χ1n) is 6.63. The summed E-state index contributed by atoms with van der Waals surface area (Å²) in [6.07, 6.45) is 5.41. The van der Waals surface area contributed by atoms with E-state index in [1.54, 1.807) is 24.2 Å². The van der Waals surface area contributed by atoms with Crippen molar-refractivity contribution >= 4 is 21.8 Å². The van der Waals surface area contributed by atoms with Gasteiger partial charge in [0.15, 0.2) is 0 Å². The number of aliphatic hydroxyl groups is 1. The van der Waals surface area contributed by atoms with E-state index in [9.17, 15) is 9.90 Å². The van der Waals surface area contributed by atoms with Gasteiger partial charge in [-0.05, 0) is 40.9 Å². The molecule has 0 radical (unpaired) electrons. The van der Waals surface area contributed by atoms with Gasteiger partial charge in [-0.1, -0.05) is 12.8 Å². The Bertz CT molecular complexity index is 436. The second-order valence-electron chi connectivity index (χ2n) is 5.16. The van der Waals surface area contributed by atoms with E-state index in [0.29, 0.717) is 12.2 Å². The van der Waals surface area contributed by atoms with Crippen molar-refractivity contribution in [1.29, 1.82) is 0 Å². The van der Waals surface area contributed by atoms with Gasteiger partial charge in [0.25, 0.3) is 5.91 Å². The molecule has 1 aliphatic carbocycles. The molecule has 1 aromatic heterocycles. The second kappa shape index (κ2) is 6.48. The first-order valence-corrected chi connectivity index (χ1v) is 7.42. The fourth-order valence-corrected chi connectivity index (χ4v) is 2.77. The van der Waals surface area contributed by atoms with Crippen LogP contribution in [0.2, 0.25) is 0 Å². The van der Waals surface area contributed by atoms with Gasteiger partial charge in [0.2, 0.25) is 0 Å². The Morgan fingerprint density at radius 2 is 2.21 bits per heavy atom. The minimum atomic E-state index is -0.276. The monoisotopic (exact) mass is 326 g/mol. The van der Waals surface area contributed by atoms with Crippen molar-refractivity contribution in [2.45, 2.75) is 31.8 Å². The third-order valence-electron chi connectivity index (χ3n) is 3.67. The minimum Gasteiger partial charge on any atom is -0.393 e. The van der Waals surface area contributed by atoms with Gasteiger partial charge >= 0.3 is 0 Å². The number of nitrogens with zero attached hydrogens (tertiary/aromatic N) is 2. The predicted octanol–water partition coefficient (Wildman–Crippen LogP) is 2.47. The standard InChI is InChI=1S/C14H19BrN2O2/c1-17(9-10-4-2-3-5-13(10)18)14(19)12-7-6-11(15)8-16-12/h6-8,10,13,18H,2-5,9H2,1H3. The van der Waals surface area contributed by atoms with E-state index in [4.69, 9.17) is 0 Å². The van der Waals surface area contributed by atoms with Gasteiger partial charge in [-0.15, -0.1) is 0 Å². The summed E-state index contributed by atoms with van der Waals surface area (Å²) >= 11 is 3.30. The molecule has 5 heteroatoms. The SMILES string of the molecule is CN(CC1CCCCC1O)C(=O)c1ccc(Br)cn1. The molecule has 0 saturated heterocycles. The molecule has 0 aliphatic heterocycles. The number of aromatic nitrogens is 1. The third kappa shape index (κ3) is 3.76. The van der Waals surface area contributed by atoms with E-state index in [1.165, 1.54) is 0 Å². The molecule has 2 atom stereocenters. The molecule has 104 valence electrons. The van der Waals surface area contributed by atoms with E-state index >= 15 is 0 Å². The molecule has 4 nitrogen and oxygen atoms in total. The second-order valence-corrected chi connectivity index (χ2v) is 6.07. The summed E-state index contributed by atoms with van der Waals surface area (Å²) in [5.74, 6) is 0.100. The van der Waals surface area contributed by atoms with Crippen LogP contribution in [0.3, 0.4) is 0 Å². The molecule has 1 fully saturated rings. The fraction of sp³-hybridized carbons (Fsp3) is 0.571. The van der Waals surface area contributed by atoms with Gasteiger partial charge in [-0.2, -0.15) is 0 Å². The van der Waals surface area contributed by atoms with E-state index < -0.39 is 0 Å². The highest BCUT2D eigenvalue weighted by Crippen LogP contribution is 2.25. The molecule has 2 rings (SSSR count). The molecule has 1 heterocycles. The molecule has 1 amide bonds. The molecular formula is C14H19BrN2O2. The average Bonchev–Trinajstić information content (AvgIpc) is 2.41. The Balaban J connectivity index is 1.97. The summed E-state index contributed by atoms with van der Waals surface area (Å²) in [7, 11) is 1.77. The number of pyridine rings is 1. The quantitative estimate of drug-likeness (QED) is 0.928. The number of rotatable bonds is 3. The Kier molecular flexibility index (Phi) is 4.93. The summed E-state index contributed by atoms with van der Waals surface area (Å²) in [6.45, 7) is 0.595. The van der Waals surface area contributed by atoms with Crippen LogP contribution in [0, 0.1) is 5.92 Å². The predicted molar refractivity (Wildman–Crippen MR) is 76.9 cm³/mol. The van der Waals surface area contributed by atoms with Crippen LogP contribution in [-0.4, -0.2) is 40.6 Å². The molecule has 19 heavy (non-hydrogen) atoms. The average molecular weight is 327 g/mol. The lowest BCUT2D eigenvalue weighted by Crippen LogP contribution is -2.38. The molecular weight excluding hydrogens is 308 g/mol. The van der Waals surface area contributed by atoms with Gasteiger partial charge < -0.3 is 10.0 Å². The van der Waals surface area contributed by atoms with Crippen LogP contribution in [0.15, 0.2) is 22.8 Å². The number of carbonyl (C=O) groups excluding carboxylic acids is 1. The Morgan fingerprint density at radius 1 is 1.47 bits per heavy atom. The minimum absolute atomic E-state index is 0.0923. The molecule has 0 aromatic carbocycles. The van der Waals surface area contributed by atoms with Gasteiger partial charge in [0.05, 0.1) is 6.10 Å². The highest BCUT2D eigenvalue weighted by molar-refractivity contribution is 9.10.